The predicted octanol–water partition coefficient (Wildman–Crippen LogP) is 1.72. The van der Waals surface area contributed by atoms with Crippen molar-refractivity contribution in [1.29, 1.82) is 0 Å². The highest BCUT2D eigenvalue weighted by atomic mass is 16.5. The van der Waals surface area contributed by atoms with Gasteiger partial charge in [-0.25, -0.2) is 0 Å². The molecule has 25 heavy (non-hydrogen) atoms. The smallest absolute Gasteiger partial charge is 0.160 e. The van der Waals surface area contributed by atoms with Crippen LogP contribution in [0.25, 0.3) is 0 Å². The Morgan fingerprint density at radius 2 is 1.72 bits per heavy atom. The van der Waals surface area contributed by atoms with E-state index < -0.39 is 0 Å². The van der Waals surface area contributed by atoms with Crippen molar-refractivity contribution in [3.8, 4) is 23.0 Å². The zero-order valence-corrected chi connectivity index (χ0v) is 13.9. The molecule has 3 atom stereocenters. The molecule has 1 aliphatic carbocycles. The van der Waals surface area contributed by atoms with Crippen LogP contribution in [0.2, 0.25) is 0 Å². The fraction of sp³-hybridized carbons (Fsp3) is 0.368. The maximum atomic E-state index is 10.2. The normalized spacial score (nSPS) is 22.4. The van der Waals surface area contributed by atoms with Crippen LogP contribution < -0.4 is 4.74 Å². The van der Waals surface area contributed by atoms with Gasteiger partial charge < -0.3 is 30.3 Å². The average Bonchev–Trinajstić information content (AvgIpc) is 2.62. The third kappa shape index (κ3) is 2.99. The molecule has 2 aromatic rings. The second-order valence-electron chi connectivity index (χ2n) is 6.44. The number of methoxy groups -OCH3 is 1. The maximum absolute atomic E-state index is 10.2. The molecule has 5 N–H and O–H groups in total. The van der Waals surface area contributed by atoms with Crippen molar-refractivity contribution in [2.45, 2.75) is 12.3 Å². The third-order valence-corrected chi connectivity index (χ3v) is 5.10. The number of aliphatic hydroxyl groups is 2. The molecule has 0 aliphatic heterocycles. The number of aromatic hydroxyl groups is 3. The largest absolute Gasteiger partial charge is 0.504 e. The lowest BCUT2D eigenvalue weighted by atomic mass is 9.67. The van der Waals surface area contributed by atoms with E-state index in [9.17, 15) is 25.5 Å². The summed E-state index contributed by atoms with van der Waals surface area (Å²) in [5.74, 6) is -0.925. The highest BCUT2D eigenvalue weighted by molar-refractivity contribution is 5.53. The van der Waals surface area contributed by atoms with Crippen molar-refractivity contribution < 1.29 is 30.3 Å². The predicted molar refractivity (Wildman–Crippen MR) is 91.1 cm³/mol. The van der Waals surface area contributed by atoms with Crippen LogP contribution in [-0.2, 0) is 6.42 Å². The van der Waals surface area contributed by atoms with Crippen molar-refractivity contribution in [2.75, 3.05) is 20.3 Å². The fourth-order valence-electron chi connectivity index (χ4n) is 3.81. The number of aliphatic hydroxyl groups excluding tert-OH is 2. The van der Waals surface area contributed by atoms with E-state index in [1.807, 2.05) is 0 Å². The van der Waals surface area contributed by atoms with E-state index in [2.05, 4.69) is 0 Å². The number of rotatable bonds is 4. The topological polar surface area (TPSA) is 110 Å². The van der Waals surface area contributed by atoms with Gasteiger partial charge in [-0.05, 0) is 59.2 Å². The molecule has 0 spiro atoms. The average molecular weight is 346 g/mol. The number of ether oxygens (including phenoxy) is 1. The molecular formula is C19H22O6. The first-order valence-corrected chi connectivity index (χ1v) is 8.13. The summed E-state index contributed by atoms with van der Waals surface area (Å²) in [6.45, 7) is -0.238. The SMILES string of the molecule is COc1cc2c(cc1O)[C@@H](c1ccc(O)c(O)c1)[C@H](CO)[C@H](CO)C2. The standard InChI is InChI=1S/C19H22O6/c1-25-18-6-11-4-12(8-20)14(9-21)19(13(11)7-17(18)24)10-2-3-15(22)16(23)5-10/h2-3,5-7,12,14,19-24H,4,8-9H2,1H3/t12-,14+,19+/m0/s1. The molecule has 1 aliphatic rings. The number of phenols is 3. The lowest BCUT2D eigenvalue weighted by Crippen LogP contribution is -2.35. The Labute approximate surface area is 145 Å². The summed E-state index contributed by atoms with van der Waals surface area (Å²) in [6.07, 6.45) is 0.550. The van der Waals surface area contributed by atoms with Crippen LogP contribution in [0.5, 0.6) is 23.0 Å². The van der Waals surface area contributed by atoms with Gasteiger partial charge in [0, 0.05) is 19.1 Å². The second kappa shape index (κ2) is 6.82. The van der Waals surface area contributed by atoms with Gasteiger partial charge in [0.1, 0.15) is 0 Å². The molecule has 0 saturated heterocycles. The summed E-state index contributed by atoms with van der Waals surface area (Å²) in [5.41, 5.74) is 2.42. The highest BCUT2D eigenvalue weighted by Gasteiger charge is 2.38. The minimum Gasteiger partial charge on any atom is -0.504 e. The summed E-state index contributed by atoms with van der Waals surface area (Å²) in [5, 5.41) is 49.3. The van der Waals surface area contributed by atoms with E-state index in [-0.39, 0.29) is 48.2 Å². The summed E-state index contributed by atoms with van der Waals surface area (Å²) in [6, 6.07) is 7.87. The molecule has 0 unspecified atom stereocenters. The lowest BCUT2D eigenvalue weighted by Gasteiger charge is -2.38. The molecule has 2 aromatic carbocycles. The van der Waals surface area contributed by atoms with Gasteiger partial charge in [0.05, 0.1) is 7.11 Å². The summed E-state index contributed by atoms with van der Waals surface area (Å²) < 4.78 is 5.17. The van der Waals surface area contributed by atoms with E-state index in [1.165, 1.54) is 19.2 Å². The van der Waals surface area contributed by atoms with Crippen LogP contribution in [0.15, 0.2) is 30.3 Å². The molecule has 6 heteroatoms. The first-order valence-electron chi connectivity index (χ1n) is 8.13. The Morgan fingerprint density at radius 1 is 0.960 bits per heavy atom. The molecule has 0 radical (unpaired) electrons. The molecular weight excluding hydrogens is 324 g/mol. The Hall–Kier alpha value is -2.44. The van der Waals surface area contributed by atoms with Crippen LogP contribution >= 0.6 is 0 Å². The first-order chi connectivity index (χ1) is 12.0. The van der Waals surface area contributed by atoms with Crippen molar-refractivity contribution in [3.05, 3.63) is 47.0 Å². The van der Waals surface area contributed by atoms with E-state index in [0.29, 0.717) is 17.7 Å². The summed E-state index contributed by atoms with van der Waals surface area (Å²) in [7, 11) is 1.47. The highest BCUT2D eigenvalue weighted by Crippen LogP contribution is 2.47. The van der Waals surface area contributed by atoms with Crippen molar-refractivity contribution in [1.82, 2.24) is 0 Å². The lowest BCUT2D eigenvalue weighted by molar-refractivity contribution is 0.101. The van der Waals surface area contributed by atoms with Crippen molar-refractivity contribution in [3.63, 3.8) is 0 Å². The number of hydrogen-bond acceptors (Lipinski definition) is 6. The van der Waals surface area contributed by atoms with Gasteiger partial charge in [0.25, 0.3) is 0 Å². The molecule has 0 amide bonds. The van der Waals surface area contributed by atoms with Crippen molar-refractivity contribution in [2.24, 2.45) is 11.8 Å². The van der Waals surface area contributed by atoms with E-state index in [0.717, 1.165) is 11.1 Å². The maximum Gasteiger partial charge on any atom is 0.160 e. The zero-order chi connectivity index (χ0) is 18.1. The van der Waals surface area contributed by atoms with E-state index in [1.54, 1.807) is 18.2 Å². The molecule has 0 heterocycles. The molecule has 134 valence electrons. The number of hydrogen-bond donors (Lipinski definition) is 5. The van der Waals surface area contributed by atoms with Gasteiger partial charge >= 0.3 is 0 Å². The Balaban J connectivity index is 2.19. The Bertz CT molecular complexity index is 773. The molecule has 6 nitrogen and oxygen atoms in total. The van der Waals surface area contributed by atoms with Crippen molar-refractivity contribution >= 4 is 0 Å². The van der Waals surface area contributed by atoms with Gasteiger partial charge in [0.15, 0.2) is 23.0 Å². The third-order valence-electron chi connectivity index (χ3n) is 5.10. The Kier molecular flexibility index (Phi) is 4.74. The van der Waals surface area contributed by atoms with Crippen LogP contribution in [-0.4, -0.2) is 45.9 Å². The van der Waals surface area contributed by atoms with Gasteiger partial charge in [-0.1, -0.05) is 6.07 Å². The minimum absolute atomic E-state index is 0.00612. The van der Waals surface area contributed by atoms with Gasteiger partial charge in [0.2, 0.25) is 0 Å². The molecule has 3 rings (SSSR count). The Morgan fingerprint density at radius 3 is 2.32 bits per heavy atom. The minimum atomic E-state index is -0.339. The van der Waals surface area contributed by atoms with Crippen LogP contribution in [0, 0.1) is 11.8 Å². The number of benzene rings is 2. The fourth-order valence-corrected chi connectivity index (χ4v) is 3.81. The van der Waals surface area contributed by atoms with E-state index in [4.69, 9.17) is 4.74 Å². The van der Waals surface area contributed by atoms with Crippen LogP contribution in [0.4, 0.5) is 0 Å². The summed E-state index contributed by atoms with van der Waals surface area (Å²) >= 11 is 0. The van der Waals surface area contributed by atoms with Crippen LogP contribution in [0.3, 0.4) is 0 Å². The molecule has 0 saturated carbocycles. The first kappa shape index (κ1) is 17.4. The molecule has 0 bridgehead atoms. The van der Waals surface area contributed by atoms with Gasteiger partial charge in [-0.15, -0.1) is 0 Å². The zero-order valence-electron chi connectivity index (χ0n) is 13.9. The number of fused-ring (bicyclic) bond motifs is 1. The monoisotopic (exact) mass is 346 g/mol. The quantitative estimate of drug-likeness (QED) is 0.539. The molecule has 0 fully saturated rings. The van der Waals surface area contributed by atoms with E-state index >= 15 is 0 Å². The number of phenolic OH excluding ortho intramolecular Hbond substituents is 3. The second-order valence-corrected chi connectivity index (χ2v) is 6.44. The molecule has 0 aromatic heterocycles. The van der Waals surface area contributed by atoms with Gasteiger partial charge in [-0.2, -0.15) is 0 Å². The summed E-state index contributed by atoms with van der Waals surface area (Å²) in [4.78, 5) is 0. The van der Waals surface area contributed by atoms with Gasteiger partial charge in [-0.3, -0.25) is 0 Å². The van der Waals surface area contributed by atoms with Crippen LogP contribution in [0.1, 0.15) is 22.6 Å².